The molecule has 5 heteroatoms. The van der Waals surface area contributed by atoms with E-state index in [1.165, 1.54) is 0 Å². The molecule has 19 heavy (non-hydrogen) atoms. The molecule has 1 unspecified atom stereocenters. The van der Waals surface area contributed by atoms with Gasteiger partial charge in [0.05, 0.1) is 13.2 Å². The number of methoxy groups -OCH3 is 1. The Hall–Kier alpha value is -1.88. The standard InChI is InChI=1S/C14H19N3O2/c1-9(2)13(15)14-16-12(17-19-14)8-10-6-4-5-7-11(10)18-3/h4-7,9,13H,8,15H2,1-3H3. The molecule has 0 aliphatic heterocycles. The van der Waals surface area contributed by atoms with Crippen LogP contribution in [0.1, 0.15) is 37.2 Å². The molecule has 0 fully saturated rings. The summed E-state index contributed by atoms with van der Waals surface area (Å²) in [6, 6.07) is 7.56. The van der Waals surface area contributed by atoms with E-state index >= 15 is 0 Å². The van der Waals surface area contributed by atoms with E-state index in [0.29, 0.717) is 18.1 Å². The van der Waals surface area contributed by atoms with Crippen molar-refractivity contribution in [3.05, 3.63) is 41.5 Å². The number of hydrogen-bond donors (Lipinski definition) is 1. The molecule has 2 aromatic rings. The molecule has 0 aliphatic rings. The van der Waals surface area contributed by atoms with Crippen LogP contribution in [0.25, 0.3) is 0 Å². The molecule has 2 N–H and O–H groups in total. The van der Waals surface area contributed by atoms with Crippen molar-refractivity contribution in [2.45, 2.75) is 26.3 Å². The molecule has 102 valence electrons. The Labute approximate surface area is 112 Å². The van der Waals surface area contributed by atoms with Crippen molar-refractivity contribution in [2.75, 3.05) is 7.11 Å². The minimum atomic E-state index is -0.223. The van der Waals surface area contributed by atoms with Crippen LogP contribution >= 0.6 is 0 Å². The van der Waals surface area contributed by atoms with Crippen LogP contribution in [0.4, 0.5) is 0 Å². The monoisotopic (exact) mass is 261 g/mol. The van der Waals surface area contributed by atoms with Gasteiger partial charge in [0.15, 0.2) is 5.82 Å². The first-order valence-electron chi connectivity index (χ1n) is 6.31. The summed E-state index contributed by atoms with van der Waals surface area (Å²) in [5, 5.41) is 3.97. The third-order valence-electron chi connectivity index (χ3n) is 3.03. The minimum Gasteiger partial charge on any atom is -0.496 e. The van der Waals surface area contributed by atoms with Crippen LogP contribution in [0.3, 0.4) is 0 Å². The first kappa shape index (κ1) is 13.5. The van der Waals surface area contributed by atoms with Gasteiger partial charge in [0.1, 0.15) is 5.75 Å². The van der Waals surface area contributed by atoms with Gasteiger partial charge in [0, 0.05) is 12.0 Å². The maximum absolute atomic E-state index is 5.98. The smallest absolute Gasteiger partial charge is 0.243 e. The van der Waals surface area contributed by atoms with Crippen LogP contribution in [0.2, 0.25) is 0 Å². The average Bonchev–Trinajstić information content (AvgIpc) is 2.87. The second kappa shape index (κ2) is 5.84. The second-order valence-electron chi connectivity index (χ2n) is 4.81. The lowest BCUT2D eigenvalue weighted by Crippen LogP contribution is -2.17. The zero-order valence-corrected chi connectivity index (χ0v) is 11.5. The molecule has 0 bridgehead atoms. The maximum Gasteiger partial charge on any atom is 0.243 e. The Morgan fingerprint density at radius 3 is 2.74 bits per heavy atom. The molecule has 0 aliphatic carbocycles. The van der Waals surface area contributed by atoms with E-state index in [0.717, 1.165) is 11.3 Å². The van der Waals surface area contributed by atoms with Gasteiger partial charge in [-0.05, 0) is 12.0 Å². The highest BCUT2D eigenvalue weighted by Crippen LogP contribution is 2.21. The summed E-state index contributed by atoms with van der Waals surface area (Å²) in [6.45, 7) is 4.05. The molecule has 1 aromatic heterocycles. The predicted molar refractivity (Wildman–Crippen MR) is 71.9 cm³/mol. The summed E-state index contributed by atoms with van der Waals surface area (Å²) in [4.78, 5) is 4.34. The van der Waals surface area contributed by atoms with Crippen molar-refractivity contribution in [3.8, 4) is 5.75 Å². The number of ether oxygens (including phenoxy) is 1. The number of benzene rings is 1. The average molecular weight is 261 g/mol. The number of hydrogen-bond acceptors (Lipinski definition) is 5. The van der Waals surface area contributed by atoms with E-state index in [-0.39, 0.29) is 12.0 Å². The highest BCUT2D eigenvalue weighted by Gasteiger charge is 2.18. The van der Waals surface area contributed by atoms with E-state index in [1.54, 1.807) is 7.11 Å². The first-order chi connectivity index (χ1) is 9.11. The Morgan fingerprint density at radius 1 is 1.32 bits per heavy atom. The molecule has 1 atom stereocenters. The molecule has 1 aromatic carbocycles. The summed E-state index contributed by atoms with van der Waals surface area (Å²) in [5.74, 6) is 2.19. The van der Waals surface area contributed by atoms with Gasteiger partial charge < -0.3 is 15.0 Å². The normalized spacial score (nSPS) is 12.7. The van der Waals surface area contributed by atoms with Crippen molar-refractivity contribution in [1.29, 1.82) is 0 Å². The van der Waals surface area contributed by atoms with E-state index in [2.05, 4.69) is 10.1 Å². The van der Waals surface area contributed by atoms with Crippen LogP contribution in [0.15, 0.2) is 28.8 Å². The van der Waals surface area contributed by atoms with Crippen molar-refractivity contribution < 1.29 is 9.26 Å². The van der Waals surface area contributed by atoms with Crippen LogP contribution in [-0.2, 0) is 6.42 Å². The van der Waals surface area contributed by atoms with Crippen molar-refractivity contribution in [3.63, 3.8) is 0 Å². The molecular weight excluding hydrogens is 242 g/mol. The van der Waals surface area contributed by atoms with Crippen molar-refractivity contribution in [1.82, 2.24) is 10.1 Å². The third-order valence-corrected chi connectivity index (χ3v) is 3.03. The number of nitrogens with two attached hydrogens (primary N) is 1. The quantitative estimate of drug-likeness (QED) is 0.894. The fourth-order valence-corrected chi connectivity index (χ4v) is 1.78. The number of nitrogens with zero attached hydrogens (tertiary/aromatic N) is 2. The van der Waals surface area contributed by atoms with Gasteiger partial charge in [-0.25, -0.2) is 0 Å². The van der Waals surface area contributed by atoms with Gasteiger partial charge in [0.25, 0.3) is 0 Å². The molecule has 0 saturated heterocycles. The highest BCUT2D eigenvalue weighted by atomic mass is 16.5. The van der Waals surface area contributed by atoms with Crippen LogP contribution in [0.5, 0.6) is 5.75 Å². The first-order valence-corrected chi connectivity index (χ1v) is 6.31. The zero-order chi connectivity index (χ0) is 13.8. The lowest BCUT2D eigenvalue weighted by Gasteiger charge is -2.09. The maximum atomic E-state index is 5.98. The summed E-state index contributed by atoms with van der Waals surface area (Å²) in [5.41, 5.74) is 7.00. The minimum absolute atomic E-state index is 0.223. The van der Waals surface area contributed by atoms with Gasteiger partial charge in [-0.2, -0.15) is 4.98 Å². The summed E-state index contributed by atoms with van der Waals surface area (Å²) < 4.78 is 10.5. The zero-order valence-electron chi connectivity index (χ0n) is 11.5. The van der Waals surface area contributed by atoms with E-state index in [1.807, 2.05) is 38.1 Å². The largest absolute Gasteiger partial charge is 0.496 e. The predicted octanol–water partition coefficient (Wildman–Crippen LogP) is 2.32. The summed E-state index contributed by atoms with van der Waals surface area (Å²) in [6.07, 6.45) is 0.568. The van der Waals surface area contributed by atoms with E-state index < -0.39 is 0 Å². The van der Waals surface area contributed by atoms with E-state index in [4.69, 9.17) is 15.0 Å². The Kier molecular flexibility index (Phi) is 4.16. The lowest BCUT2D eigenvalue weighted by atomic mass is 10.1. The Bertz CT molecular complexity index is 537. The number of rotatable bonds is 5. The van der Waals surface area contributed by atoms with Gasteiger partial charge in [-0.1, -0.05) is 37.2 Å². The van der Waals surface area contributed by atoms with Crippen molar-refractivity contribution >= 4 is 0 Å². The molecule has 5 nitrogen and oxygen atoms in total. The summed E-state index contributed by atoms with van der Waals surface area (Å²) in [7, 11) is 1.65. The van der Waals surface area contributed by atoms with E-state index in [9.17, 15) is 0 Å². The fourth-order valence-electron chi connectivity index (χ4n) is 1.78. The van der Waals surface area contributed by atoms with Crippen LogP contribution in [-0.4, -0.2) is 17.3 Å². The highest BCUT2D eigenvalue weighted by molar-refractivity contribution is 5.35. The molecule has 0 radical (unpaired) electrons. The molecule has 0 saturated carbocycles. The second-order valence-corrected chi connectivity index (χ2v) is 4.81. The Balaban J connectivity index is 2.16. The number of aromatic nitrogens is 2. The topological polar surface area (TPSA) is 74.2 Å². The van der Waals surface area contributed by atoms with Crippen molar-refractivity contribution in [2.24, 2.45) is 11.7 Å². The van der Waals surface area contributed by atoms with Crippen LogP contribution in [0, 0.1) is 5.92 Å². The SMILES string of the molecule is COc1ccccc1Cc1noc(C(N)C(C)C)n1. The molecule has 2 rings (SSSR count). The van der Waals surface area contributed by atoms with Gasteiger partial charge >= 0.3 is 0 Å². The number of para-hydroxylation sites is 1. The van der Waals surface area contributed by atoms with Gasteiger partial charge in [-0.15, -0.1) is 0 Å². The third kappa shape index (κ3) is 3.12. The Morgan fingerprint density at radius 2 is 2.05 bits per heavy atom. The summed E-state index contributed by atoms with van der Waals surface area (Å²) >= 11 is 0. The van der Waals surface area contributed by atoms with Gasteiger partial charge in [0.2, 0.25) is 5.89 Å². The van der Waals surface area contributed by atoms with Crippen LogP contribution < -0.4 is 10.5 Å². The van der Waals surface area contributed by atoms with Gasteiger partial charge in [-0.3, -0.25) is 0 Å². The molecule has 0 amide bonds. The molecule has 0 spiro atoms. The molecular formula is C14H19N3O2. The lowest BCUT2D eigenvalue weighted by molar-refractivity contribution is 0.322. The molecule has 1 heterocycles. The fraction of sp³-hybridized carbons (Fsp3) is 0.429.